The predicted octanol–water partition coefficient (Wildman–Crippen LogP) is 7.30. The molecule has 0 radical (unpaired) electrons. The first kappa shape index (κ1) is 31.6. The number of rotatable bonds is 16. The van der Waals surface area contributed by atoms with Gasteiger partial charge < -0.3 is 20.1 Å². The molecule has 0 aliphatic carbocycles. The summed E-state index contributed by atoms with van der Waals surface area (Å²) in [6.45, 7) is 1.41. The molecule has 0 saturated carbocycles. The maximum absolute atomic E-state index is 10.7. The minimum atomic E-state index is -2.13. The number of hydrogen-bond donors (Lipinski definition) is 3. The van der Waals surface area contributed by atoms with Crippen molar-refractivity contribution < 1.29 is 20.1 Å². The van der Waals surface area contributed by atoms with Crippen molar-refractivity contribution >= 4 is 23.2 Å². The van der Waals surface area contributed by atoms with Crippen LogP contribution in [-0.2, 0) is 13.0 Å². The Morgan fingerprint density at radius 1 is 0.571 bits per heavy atom. The third-order valence-corrected chi connectivity index (χ3v) is 13.8. The molecule has 4 aromatic rings. The smallest absolute Gasteiger partial charge is 0.507 e. The first-order valence-corrected chi connectivity index (χ1v) is 17.6. The number of ether oxygens (including phenoxy) is 1. The normalized spacial score (nSPS) is 11.9. The molecule has 0 aliphatic heterocycles. The molecule has 0 atom stereocenters. The first-order valence-electron chi connectivity index (χ1n) is 15.4. The minimum absolute atomic E-state index is 0.0148. The maximum atomic E-state index is 10.7. The van der Waals surface area contributed by atoms with Crippen molar-refractivity contribution in [3.63, 3.8) is 0 Å². The van der Waals surface area contributed by atoms with Crippen LogP contribution in [0.5, 0.6) is 17.2 Å². The molecule has 4 rings (SSSR count). The number of benzene rings is 4. The summed E-state index contributed by atoms with van der Waals surface area (Å²) >= 11 is 0. The van der Waals surface area contributed by atoms with E-state index in [1.165, 1.54) is 61.3 Å². The Labute approximate surface area is 252 Å². The summed E-state index contributed by atoms with van der Waals surface area (Å²) in [6.07, 6.45) is 11.2. The van der Waals surface area contributed by atoms with Gasteiger partial charge in [-0.05, 0) is 6.92 Å². The van der Waals surface area contributed by atoms with E-state index in [4.69, 9.17) is 4.74 Å². The van der Waals surface area contributed by atoms with Crippen LogP contribution in [0, 0.1) is 6.92 Å². The molecule has 0 bridgehead atoms. The van der Waals surface area contributed by atoms with Crippen LogP contribution in [0.25, 0.3) is 0 Å². The fraction of sp³-hybridized carbons (Fsp3) is 0.351. The molecule has 0 amide bonds. The molecule has 4 aromatic carbocycles. The quantitative estimate of drug-likeness (QED) is 0.0732. The van der Waals surface area contributed by atoms with Crippen LogP contribution in [0.1, 0.15) is 68.1 Å². The average molecular weight is 587 g/mol. The zero-order valence-corrected chi connectivity index (χ0v) is 26.2. The van der Waals surface area contributed by atoms with E-state index in [0.29, 0.717) is 17.5 Å². The van der Waals surface area contributed by atoms with Gasteiger partial charge >= 0.3 is 195 Å². The topological polar surface area (TPSA) is 69.9 Å². The summed E-state index contributed by atoms with van der Waals surface area (Å²) in [5, 5.41) is 35.1. The van der Waals surface area contributed by atoms with Crippen LogP contribution in [-0.4, -0.2) is 28.6 Å². The Hall–Kier alpha value is -3.33. The zero-order valence-electron chi connectivity index (χ0n) is 25.2. The first-order chi connectivity index (χ1) is 20.5. The number of methoxy groups -OCH3 is 1. The third-order valence-electron chi connectivity index (χ3n) is 8.76. The van der Waals surface area contributed by atoms with Crippen molar-refractivity contribution in [3.8, 4) is 17.2 Å². The van der Waals surface area contributed by atoms with E-state index in [2.05, 4.69) is 91.0 Å². The van der Waals surface area contributed by atoms with Crippen LogP contribution in [0.15, 0.2) is 91.0 Å². The Balaban J connectivity index is 1.28. The molecule has 0 saturated heterocycles. The van der Waals surface area contributed by atoms with Crippen LogP contribution in [0.4, 0.5) is 0 Å². The molecule has 5 heteroatoms. The molecule has 3 N–H and O–H groups in total. The van der Waals surface area contributed by atoms with Gasteiger partial charge in [0.15, 0.2) is 5.75 Å². The summed E-state index contributed by atoms with van der Waals surface area (Å²) in [4.78, 5) is 0. The monoisotopic (exact) mass is 586 g/mol. The van der Waals surface area contributed by atoms with E-state index in [0.717, 1.165) is 19.3 Å². The zero-order chi connectivity index (χ0) is 29.8. The van der Waals surface area contributed by atoms with Crippen molar-refractivity contribution in [1.82, 2.24) is 0 Å². The Bertz CT molecular complexity index is 1280. The molecule has 4 nitrogen and oxygen atoms in total. The summed E-state index contributed by atoms with van der Waals surface area (Å²) in [7, 11) is -0.685. The molecular formula is C37H47O4P. The number of unbranched alkanes of at least 4 members (excludes halogenated alkanes) is 7. The van der Waals surface area contributed by atoms with E-state index >= 15 is 0 Å². The average Bonchev–Trinajstić information content (AvgIpc) is 3.04. The number of aliphatic hydroxyl groups excluding tert-OH is 1. The molecule has 42 heavy (non-hydrogen) atoms. The third kappa shape index (κ3) is 7.17. The van der Waals surface area contributed by atoms with Gasteiger partial charge in [-0.3, -0.25) is 0 Å². The standard InChI is InChI=1S/C37H47O4P/c1-29-33(36(40)37(41-2)34(28-38)35(29)39)26-18-7-5-3-4-6-8-19-27-42(30-20-12-9-13-21-30,31-22-14-10-15-23-31)32-24-16-11-17-25-32/h9-17,20-25,38-40,42H,3-8,18-19,26-28H2,1-2H3. The number of hydrogen-bond acceptors (Lipinski definition) is 4. The second kappa shape index (κ2) is 15.8. The van der Waals surface area contributed by atoms with Crippen LogP contribution < -0.4 is 20.7 Å². The van der Waals surface area contributed by atoms with E-state index < -0.39 is 7.26 Å². The van der Waals surface area contributed by atoms with Crippen LogP contribution in [0.3, 0.4) is 0 Å². The molecule has 0 aliphatic rings. The summed E-state index contributed by atoms with van der Waals surface area (Å²) in [6, 6.07) is 33.5. The molecule has 0 unspecified atom stereocenters. The van der Waals surface area contributed by atoms with E-state index in [1.807, 2.05) is 0 Å². The summed E-state index contributed by atoms with van der Waals surface area (Å²) in [5.41, 5.74) is 1.58. The van der Waals surface area contributed by atoms with Crippen molar-refractivity contribution in [2.45, 2.75) is 71.3 Å². The van der Waals surface area contributed by atoms with Crippen molar-refractivity contribution in [2.75, 3.05) is 13.3 Å². The van der Waals surface area contributed by atoms with Gasteiger partial charge in [-0.2, -0.15) is 0 Å². The van der Waals surface area contributed by atoms with Crippen molar-refractivity contribution in [1.29, 1.82) is 0 Å². The Morgan fingerprint density at radius 2 is 1.00 bits per heavy atom. The van der Waals surface area contributed by atoms with Gasteiger partial charge in [0.2, 0.25) is 0 Å². The van der Waals surface area contributed by atoms with Gasteiger partial charge in [-0.1, -0.05) is 0 Å². The van der Waals surface area contributed by atoms with Gasteiger partial charge in [-0.15, -0.1) is 0 Å². The van der Waals surface area contributed by atoms with Crippen molar-refractivity contribution in [2.24, 2.45) is 0 Å². The molecule has 224 valence electrons. The van der Waals surface area contributed by atoms with E-state index in [9.17, 15) is 15.3 Å². The summed E-state index contributed by atoms with van der Waals surface area (Å²) < 4.78 is 5.26. The molecule has 0 fully saturated rings. The predicted molar refractivity (Wildman–Crippen MR) is 179 cm³/mol. The van der Waals surface area contributed by atoms with Gasteiger partial charge in [-0.25, -0.2) is 0 Å². The number of phenolic OH excluding ortho intramolecular Hbond substituents is 1. The van der Waals surface area contributed by atoms with Crippen LogP contribution >= 0.6 is 7.26 Å². The SMILES string of the molecule is COc1c(O)c(CCCCCCCCCC[PH](c2ccccc2)(c2ccccc2)c2ccccc2)c(C)c(O)c1CO. The second-order valence-electron chi connectivity index (χ2n) is 11.3. The Kier molecular flexibility index (Phi) is 11.9. The minimum Gasteiger partial charge on any atom is -0.507 e. The Morgan fingerprint density at radius 3 is 1.43 bits per heavy atom. The fourth-order valence-corrected chi connectivity index (χ4v) is 11.4. The van der Waals surface area contributed by atoms with Gasteiger partial charge in [0.25, 0.3) is 0 Å². The number of aromatic hydroxyl groups is 2. The second-order valence-corrected chi connectivity index (χ2v) is 15.3. The molecule has 0 aromatic heterocycles. The fourth-order valence-electron chi connectivity index (χ4n) is 6.46. The summed E-state index contributed by atoms with van der Waals surface area (Å²) in [5.74, 6) is 0.230. The van der Waals surface area contributed by atoms with E-state index in [1.54, 1.807) is 6.92 Å². The van der Waals surface area contributed by atoms with Gasteiger partial charge in [0, 0.05) is 0 Å². The number of aliphatic hydroxyl groups is 1. The van der Waals surface area contributed by atoms with Crippen molar-refractivity contribution in [3.05, 3.63) is 108 Å². The van der Waals surface area contributed by atoms with Crippen LogP contribution in [0.2, 0.25) is 0 Å². The van der Waals surface area contributed by atoms with E-state index in [-0.39, 0.29) is 29.4 Å². The molecule has 0 spiro atoms. The molecular weight excluding hydrogens is 539 g/mol. The van der Waals surface area contributed by atoms with Gasteiger partial charge in [0.1, 0.15) is 5.75 Å². The molecule has 0 heterocycles. The van der Waals surface area contributed by atoms with Gasteiger partial charge in [0.05, 0.1) is 19.3 Å². The number of phenols is 2.